The molecule has 0 saturated heterocycles. The van der Waals surface area contributed by atoms with E-state index in [1.807, 2.05) is 0 Å². The van der Waals surface area contributed by atoms with Crippen molar-refractivity contribution < 1.29 is 20.4 Å². The molecule has 0 aliphatic carbocycles. The molecule has 0 rings (SSSR count). The Balaban J connectivity index is 0. The summed E-state index contributed by atoms with van der Waals surface area (Å²) in [5, 5.41) is 37.9. The highest BCUT2D eigenvalue weighted by atomic mass is 35.5. The maximum atomic E-state index is 9.04. The SMILES string of the molecule is CNC[C@@H](O)[C@@H](O)[C@@H](O)CO.Cl. The first-order valence-electron chi connectivity index (χ1n) is 3.43. The second-order valence-electron chi connectivity index (χ2n) is 2.37. The van der Waals surface area contributed by atoms with Crippen LogP contribution in [0.25, 0.3) is 0 Å². The second kappa shape index (κ2) is 7.72. The van der Waals surface area contributed by atoms with E-state index in [1.165, 1.54) is 0 Å². The van der Waals surface area contributed by atoms with E-state index in [0.717, 1.165) is 0 Å². The van der Waals surface area contributed by atoms with E-state index < -0.39 is 24.9 Å². The molecule has 12 heavy (non-hydrogen) atoms. The van der Waals surface area contributed by atoms with Crippen LogP contribution in [0.3, 0.4) is 0 Å². The lowest BCUT2D eigenvalue weighted by Crippen LogP contribution is -2.43. The number of hydrogen-bond acceptors (Lipinski definition) is 5. The standard InChI is InChI=1S/C6H15NO4.ClH/c1-7-2-4(9)6(11)5(10)3-8;/h4-11H,2-3H2,1H3;1H/t4-,5+,6-;/m1./s1. The van der Waals surface area contributed by atoms with Gasteiger partial charge in [-0.05, 0) is 7.05 Å². The third-order valence-corrected chi connectivity index (χ3v) is 1.39. The summed E-state index contributed by atoms with van der Waals surface area (Å²) in [6, 6.07) is 0. The highest BCUT2D eigenvalue weighted by molar-refractivity contribution is 5.85. The van der Waals surface area contributed by atoms with Crippen molar-refractivity contribution in [2.75, 3.05) is 20.2 Å². The fourth-order valence-electron chi connectivity index (χ4n) is 0.694. The minimum Gasteiger partial charge on any atom is -0.394 e. The zero-order valence-corrected chi connectivity index (χ0v) is 7.66. The van der Waals surface area contributed by atoms with Crippen molar-refractivity contribution >= 4 is 12.4 Å². The predicted molar refractivity (Wildman–Crippen MR) is 46.3 cm³/mol. The highest BCUT2D eigenvalue weighted by Gasteiger charge is 2.22. The Morgan fingerprint density at radius 2 is 1.67 bits per heavy atom. The largest absolute Gasteiger partial charge is 0.394 e. The van der Waals surface area contributed by atoms with Crippen LogP contribution in [0.15, 0.2) is 0 Å². The van der Waals surface area contributed by atoms with Gasteiger partial charge in [-0.1, -0.05) is 0 Å². The van der Waals surface area contributed by atoms with Gasteiger partial charge in [-0.25, -0.2) is 0 Å². The van der Waals surface area contributed by atoms with Gasteiger partial charge < -0.3 is 25.7 Å². The average Bonchev–Trinajstić information content (AvgIpc) is 2.02. The van der Waals surface area contributed by atoms with Gasteiger partial charge in [0.25, 0.3) is 0 Å². The molecule has 0 aromatic heterocycles. The van der Waals surface area contributed by atoms with Gasteiger partial charge >= 0.3 is 0 Å². The van der Waals surface area contributed by atoms with Crippen molar-refractivity contribution in [1.82, 2.24) is 5.32 Å². The molecule has 0 aliphatic heterocycles. The van der Waals surface area contributed by atoms with Gasteiger partial charge in [0.05, 0.1) is 12.7 Å². The summed E-state index contributed by atoms with van der Waals surface area (Å²) >= 11 is 0. The van der Waals surface area contributed by atoms with Crippen LogP contribution >= 0.6 is 12.4 Å². The van der Waals surface area contributed by atoms with Crippen molar-refractivity contribution in [3.05, 3.63) is 0 Å². The number of rotatable bonds is 5. The molecule has 0 unspecified atom stereocenters. The van der Waals surface area contributed by atoms with Gasteiger partial charge in [0.1, 0.15) is 12.2 Å². The molecule has 0 fully saturated rings. The Kier molecular flexibility index (Phi) is 9.40. The van der Waals surface area contributed by atoms with Crippen molar-refractivity contribution in [3.8, 4) is 0 Å². The zero-order chi connectivity index (χ0) is 8.85. The van der Waals surface area contributed by atoms with E-state index in [1.54, 1.807) is 7.05 Å². The Hall–Kier alpha value is 0.0900. The van der Waals surface area contributed by atoms with Crippen molar-refractivity contribution in [2.45, 2.75) is 18.3 Å². The van der Waals surface area contributed by atoms with Crippen LogP contribution < -0.4 is 5.32 Å². The Morgan fingerprint density at radius 1 is 1.17 bits per heavy atom. The van der Waals surface area contributed by atoms with Crippen LogP contribution in [0.5, 0.6) is 0 Å². The fourth-order valence-corrected chi connectivity index (χ4v) is 0.694. The third-order valence-electron chi connectivity index (χ3n) is 1.39. The first-order chi connectivity index (χ1) is 5.13. The van der Waals surface area contributed by atoms with Gasteiger partial charge in [0, 0.05) is 6.54 Å². The van der Waals surface area contributed by atoms with Gasteiger partial charge in [-0.15, -0.1) is 12.4 Å². The predicted octanol–water partition coefficient (Wildman–Crippen LogP) is -2.30. The molecule has 0 aromatic carbocycles. The topological polar surface area (TPSA) is 93.0 Å². The summed E-state index contributed by atoms with van der Waals surface area (Å²) in [6.07, 6.45) is -3.63. The first-order valence-corrected chi connectivity index (χ1v) is 3.43. The summed E-state index contributed by atoms with van der Waals surface area (Å²) < 4.78 is 0. The van der Waals surface area contributed by atoms with Gasteiger partial charge in [-0.2, -0.15) is 0 Å². The van der Waals surface area contributed by atoms with Crippen LogP contribution in [0, 0.1) is 0 Å². The molecule has 0 amide bonds. The molecule has 0 saturated carbocycles. The maximum Gasteiger partial charge on any atom is 0.109 e. The molecular formula is C6H16ClNO4. The first kappa shape index (κ1) is 14.6. The van der Waals surface area contributed by atoms with E-state index in [9.17, 15) is 0 Å². The molecule has 6 heteroatoms. The summed E-state index contributed by atoms with van der Waals surface area (Å²) in [4.78, 5) is 0. The molecule has 5 nitrogen and oxygen atoms in total. The van der Waals surface area contributed by atoms with E-state index in [4.69, 9.17) is 20.4 Å². The lowest BCUT2D eigenvalue weighted by Gasteiger charge is -2.20. The third kappa shape index (κ3) is 4.87. The molecule has 5 N–H and O–H groups in total. The number of nitrogens with one attached hydrogen (secondary N) is 1. The van der Waals surface area contributed by atoms with Crippen LogP contribution in [0.2, 0.25) is 0 Å². The average molecular weight is 202 g/mol. The number of hydrogen-bond donors (Lipinski definition) is 5. The normalized spacial score (nSPS) is 17.8. The van der Waals surface area contributed by atoms with Crippen molar-refractivity contribution in [1.29, 1.82) is 0 Å². The fraction of sp³-hybridized carbons (Fsp3) is 1.00. The van der Waals surface area contributed by atoms with Crippen LogP contribution in [-0.2, 0) is 0 Å². The summed E-state index contributed by atoms with van der Waals surface area (Å²) in [6.45, 7) is -0.375. The van der Waals surface area contributed by atoms with E-state index >= 15 is 0 Å². The van der Waals surface area contributed by atoms with Gasteiger partial charge in [0.15, 0.2) is 0 Å². The Labute approximate surface area is 77.4 Å². The molecule has 3 atom stereocenters. The van der Waals surface area contributed by atoms with Crippen LogP contribution in [-0.4, -0.2) is 58.9 Å². The highest BCUT2D eigenvalue weighted by Crippen LogP contribution is 1.98. The van der Waals surface area contributed by atoms with Crippen molar-refractivity contribution in [2.24, 2.45) is 0 Å². The van der Waals surface area contributed by atoms with Crippen LogP contribution in [0.4, 0.5) is 0 Å². The molecule has 0 bridgehead atoms. The zero-order valence-electron chi connectivity index (χ0n) is 6.84. The molecule has 0 aromatic rings. The molecule has 76 valence electrons. The number of aliphatic hydroxyl groups excluding tert-OH is 4. The molecule has 0 aliphatic rings. The van der Waals surface area contributed by atoms with E-state index in [2.05, 4.69) is 5.32 Å². The molecule has 0 heterocycles. The minimum absolute atomic E-state index is 0. The van der Waals surface area contributed by atoms with E-state index in [-0.39, 0.29) is 19.0 Å². The minimum atomic E-state index is -1.30. The lowest BCUT2D eigenvalue weighted by molar-refractivity contribution is -0.0745. The molecule has 0 radical (unpaired) electrons. The Morgan fingerprint density at radius 3 is 2.00 bits per heavy atom. The maximum absolute atomic E-state index is 9.04. The van der Waals surface area contributed by atoms with Gasteiger partial charge in [-0.3, -0.25) is 0 Å². The second-order valence-corrected chi connectivity index (χ2v) is 2.37. The summed E-state index contributed by atoms with van der Waals surface area (Å²) in [5.74, 6) is 0. The number of halogens is 1. The monoisotopic (exact) mass is 201 g/mol. The summed E-state index contributed by atoms with van der Waals surface area (Å²) in [7, 11) is 1.61. The summed E-state index contributed by atoms with van der Waals surface area (Å²) in [5.41, 5.74) is 0. The van der Waals surface area contributed by atoms with Crippen molar-refractivity contribution in [3.63, 3.8) is 0 Å². The van der Waals surface area contributed by atoms with Crippen LogP contribution in [0.1, 0.15) is 0 Å². The quantitative estimate of drug-likeness (QED) is 0.345. The molecular weight excluding hydrogens is 186 g/mol. The number of likely N-dealkylation sites (N-methyl/N-ethyl adjacent to an activating group) is 1. The number of aliphatic hydroxyl groups is 4. The Bertz CT molecular complexity index is 106. The lowest BCUT2D eigenvalue weighted by atomic mass is 10.1. The molecule has 0 spiro atoms. The van der Waals surface area contributed by atoms with E-state index in [0.29, 0.717) is 0 Å². The van der Waals surface area contributed by atoms with Gasteiger partial charge in [0.2, 0.25) is 0 Å². The smallest absolute Gasteiger partial charge is 0.109 e.